The number of carbonyl (C=O) groups is 2. The molecule has 4 atom stereocenters. The maximum absolute atomic E-state index is 13.3. The van der Waals surface area contributed by atoms with Crippen LogP contribution in [0.2, 0.25) is 0 Å². The van der Waals surface area contributed by atoms with E-state index in [2.05, 4.69) is 22.1 Å². The van der Waals surface area contributed by atoms with E-state index in [9.17, 15) is 19.8 Å². The Kier molecular flexibility index (Phi) is 9.29. The number of rotatable bonds is 6. The molecule has 0 unspecified atom stereocenters. The molecule has 3 amide bonds. The lowest BCUT2D eigenvalue weighted by Crippen LogP contribution is -2.51. The van der Waals surface area contributed by atoms with Crippen molar-refractivity contribution in [1.82, 2.24) is 20.1 Å². The van der Waals surface area contributed by atoms with Crippen LogP contribution in [-0.2, 0) is 0 Å². The number of aromatic nitrogens is 1. The van der Waals surface area contributed by atoms with Gasteiger partial charge in [-0.3, -0.25) is 4.79 Å². The largest absolute Gasteiger partial charge is 0.472 e. The molecule has 3 N–H and O–H groups in total. The number of nitrogens with one attached hydrogen (secondary N) is 1. The SMILES string of the molecule is CCCNC(=O)N(C)C[C@@H]1Oc2ncc(C#C[C@H](C)O)cc2C(=O)N([C@@H](C)CO)C[C@H]1C. The zero-order chi connectivity index (χ0) is 23.8. The zero-order valence-electron chi connectivity index (χ0n) is 19.5. The van der Waals surface area contributed by atoms with E-state index in [0.29, 0.717) is 25.2 Å². The Balaban J connectivity index is 2.40. The van der Waals surface area contributed by atoms with Crippen molar-refractivity contribution >= 4 is 11.9 Å². The second kappa shape index (κ2) is 11.7. The molecule has 0 saturated carbocycles. The molecule has 1 aromatic rings. The molecule has 0 aromatic carbocycles. The van der Waals surface area contributed by atoms with Crippen molar-refractivity contribution in [3.8, 4) is 17.7 Å². The summed E-state index contributed by atoms with van der Waals surface area (Å²) in [5.74, 6) is 5.15. The van der Waals surface area contributed by atoms with Crippen LogP contribution in [-0.4, -0.2) is 88.5 Å². The molecule has 1 aromatic heterocycles. The van der Waals surface area contributed by atoms with Gasteiger partial charge in [0.2, 0.25) is 5.88 Å². The van der Waals surface area contributed by atoms with Crippen LogP contribution in [0, 0.1) is 17.8 Å². The molecule has 0 radical (unpaired) electrons. The van der Waals surface area contributed by atoms with Gasteiger partial charge in [-0.05, 0) is 26.3 Å². The van der Waals surface area contributed by atoms with Crippen LogP contribution in [0.3, 0.4) is 0 Å². The van der Waals surface area contributed by atoms with Gasteiger partial charge in [0.25, 0.3) is 5.91 Å². The van der Waals surface area contributed by atoms with Gasteiger partial charge in [-0.2, -0.15) is 0 Å². The summed E-state index contributed by atoms with van der Waals surface area (Å²) in [6, 6.07) is 0.981. The summed E-state index contributed by atoms with van der Waals surface area (Å²) < 4.78 is 6.15. The molecule has 0 bridgehead atoms. The second-order valence-corrected chi connectivity index (χ2v) is 8.26. The smallest absolute Gasteiger partial charge is 0.317 e. The fourth-order valence-corrected chi connectivity index (χ4v) is 3.30. The minimum absolute atomic E-state index is 0.126. The molecule has 2 heterocycles. The summed E-state index contributed by atoms with van der Waals surface area (Å²) in [7, 11) is 1.70. The van der Waals surface area contributed by atoms with Crippen molar-refractivity contribution in [1.29, 1.82) is 0 Å². The van der Waals surface area contributed by atoms with Crippen LogP contribution in [0.4, 0.5) is 4.79 Å². The first-order valence-electron chi connectivity index (χ1n) is 10.9. The van der Waals surface area contributed by atoms with Gasteiger partial charge >= 0.3 is 6.03 Å². The molecule has 0 aliphatic carbocycles. The molecular formula is C23H34N4O5. The highest BCUT2D eigenvalue weighted by Gasteiger charge is 2.34. The fourth-order valence-electron chi connectivity index (χ4n) is 3.30. The third-order valence-corrected chi connectivity index (χ3v) is 5.27. The van der Waals surface area contributed by atoms with Gasteiger partial charge in [-0.1, -0.05) is 25.7 Å². The van der Waals surface area contributed by atoms with Gasteiger partial charge in [0.1, 0.15) is 17.8 Å². The van der Waals surface area contributed by atoms with Crippen molar-refractivity contribution in [3.05, 3.63) is 23.4 Å². The standard InChI is InChI=1S/C23H34N4O5/c1-6-9-24-23(31)26(5)13-20-15(2)12-27(16(3)14-28)22(30)19-10-18(8-7-17(4)29)11-25-21(19)32-20/h10-11,15-17,20,28-29H,6,9,12-14H2,1-5H3,(H,24,31)/t15-,16+,17+,20+/m1/s1. The maximum atomic E-state index is 13.3. The lowest BCUT2D eigenvalue weighted by molar-refractivity contribution is 0.0352. The third kappa shape index (κ3) is 6.58. The van der Waals surface area contributed by atoms with E-state index < -0.39 is 18.2 Å². The molecule has 0 spiro atoms. The van der Waals surface area contributed by atoms with Crippen molar-refractivity contribution in [2.75, 3.05) is 33.3 Å². The lowest BCUT2D eigenvalue weighted by atomic mass is 10.00. The van der Waals surface area contributed by atoms with Gasteiger partial charge in [-0.25, -0.2) is 9.78 Å². The number of aliphatic hydroxyl groups is 2. The first-order valence-corrected chi connectivity index (χ1v) is 10.9. The molecule has 1 aliphatic heterocycles. The van der Waals surface area contributed by atoms with E-state index in [1.165, 1.54) is 6.20 Å². The summed E-state index contributed by atoms with van der Waals surface area (Å²) in [6.45, 7) is 8.30. The first-order chi connectivity index (χ1) is 15.2. The Morgan fingerprint density at radius 1 is 1.47 bits per heavy atom. The molecule has 32 heavy (non-hydrogen) atoms. The predicted octanol–water partition coefficient (Wildman–Crippen LogP) is 1.09. The van der Waals surface area contributed by atoms with Crippen molar-refractivity contribution in [2.45, 2.75) is 52.4 Å². The van der Waals surface area contributed by atoms with Crippen LogP contribution in [0.15, 0.2) is 12.3 Å². The first kappa shape index (κ1) is 25.4. The number of carbonyl (C=O) groups excluding carboxylic acids is 2. The summed E-state index contributed by atoms with van der Waals surface area (Å²) in [4.78, 5) is 33.1. The van der Waals surface area contributed by atoms with Gasteiger partial charge in [0.15, 0.2) is 0 Å². The van der Waals surface area contributed by atoms with Crippen LogP contribution in [0.1, 0.15) is 50.0 Å². The number of nitrogens with zero attached hydrogens (tertiary/aromatic N) is 3. The number of hydrogen-bond donors (Lipinski definition) is 3. The van der Waals surface area contributed by atoms with E-state index >= 15 is 0 Å². The summed E-state index contributed by atoms with van der Waals surface area (Å²) in [5.41, 5.74) is 0.706. The van der Waals surface area contributed by atoms with Crippen molar-refractivity contribution in [2.24, 2.45) is 5.92 Å². The molecule has 9 heteroatoms. The molecule has 9 nitrogen and oxygen atoms in total. The molecular weight excluding hydrogens is 412 g/mol. The summed E-state index contributed by atoms with van der Waals surface area (Å²) in [6.07, 6.45) is 1.09. The number of hydrogen-bond acceptors (Lipinski definition) is 6. The van der Waals surface area contributed by atoms with Crippen LogP contribution in [0.25, 0.3) is 0 Å². The molecule has 0 saturated heterocycles. The number of urea groups is 1. The predicted molar refractivity (Wildman–Crippen MR) is 120 cm³/mol. The number of ether oxygens (including phenoxy) is 1. The van der Waals surface area contributed by atoms with E-state index in [1.54, 1.807) is 36.8 Å². The topological polar surface area (TPSA) is 115 Å². The van der Waals surface area contributed by atoms with Crippen LogP contribution in [0.5, 0.6) is 5.88 Å². The highest BCUT2D eigenvalue weighted by Crippen LogP contribution is 2.27. The van der Waals surface area contributed by atoms with Crippen LogP contribution >= 0.6 is 0 Å². The highest BCUT2D eigenvalue weighted by atomic mass is 16.5. The van der Waals surface area contributed by atoms with Gasteiger partial charge < -0.3 is 30.1 Å². The van der Waals surface area contributed by atoms with E-state index in [0.717, 1.165) is 6.42 Å². The van der Waals surface area contributed by atoms with Crippen molar-refractivity contribution in [3.63, 3.8) is 0 Å². The molecule has 1 aliphatic rings. The Labute approximate surface area is 189 Å². The van der Waals surface area contributed by atoms with E-state index in [-0.39, 0.29) is 35.9 Å². The Bertz CT molecular complexity index is 864. The average molecular weight is 447 g/mol. The third-order valence-electron chi connectivity index (χ3n) is 5.27. The maximum Gasteiger partial charge on any atom is 0.317 e. The summed E-state index contributed by atoms with van der Waals surface area (Å²) in [5, 5.41) is 22.0. The normalized spacial score (nSPS) is 20.0. The minimum Gasteiger partial charge on any atom is -0.472 e. The number of pyridine rings is 1. The second-order valence-electron chi connectivity index (χ2n) is 8.26. The summed E-state index contributed by atoms with van der Waals surface area (Å²) >= 11 is 0. The number of aliphatic hydroxyl groups excluding tert-OH is 2. The van der Waals surface area contributed by atoms with Gasteiger partial charge in [0, 0.05) is 37.8 Å². The average Bonchev–Trinajstić information content (AvgIpc) is 2.77. The molecule has 176 valence electrons. The number of likely N-dealkylation sites (N-methyl/N-ethyl adjacent to an activating group) is 1. The van der Waals surface area contributed by atoms with Crippen molar-refractivity contribution < 1.29 is 24.5 Å². The molecule has 0 fully saturated rings. The fraction of sp³-hybridized carbons (Fsp3) is 0.609. The lowest BCUT2D eigenvalue weighted by Gasteiger charge is -2.37. The highest BCUT2D eigenvalue weighted by molar-refractivity contribution is 5.97. The minimum atomic E-state index is -0.811. The number of fused-ring (bicyclic) bond motifs is 1. The monoisotopic (exact) mass is 446 g/mol. The van der Waals surface area contributed by atoms with E-state index in [4.69, 9.17) is 4.74 Å². The van der Waals surface area contributed by atoms with Gasteiger partial charge in [0.05, 0.1) is 19.2 Å². The quantitative estimate of drug-likeness (QED) is 0.564. The Morgan fingerprint density at radius 3 is 2.81 bits per heavy atom. The number of amides is 3. The molecule has 2 rings (SSSR count). The van der Waals surface area contributed by atoms with E-state index in [1.807, 2.05) is 13.8 Å². The zero-order valence-corrected chi connectivity index (χ0v) is 19.5. The Hall–Kier alpha value is -2.83. The van der Waals surface area contributed by atoms with Crippen LogP contribution < -0.4 is 10.1 Å². The van der Waals surface area contributed by atoms with Gasteiger partial charge in [-0.15, -0.1) is 0 Å². The Morgan fingerprint density at radius 2 is 2.19 bits per heavy atom.